The third kappa shape index (κ3) is 4.92. The van der Waals surface area contributed by atoms with E-state index in [1.807, 2.05) is 6.92 Å². The minimum atomic E-state index is -0.815. The van der Waals surface area contributed by atoms with Crippen LogP contribution in [-0.2, 0) is 14.3 Å². The van der Waals surface area contributed by atoms with Gasteiger partial charge in [-0.2, -0.15) is 0 Å². The van der Waals surface area contributed by atoms with Crippen LogP contribution in [-0.4, -0.2) is 60.6 Å². The fourth-order valence-corrected chi connectivity index (χ4v) is 2.82. The maximum absolute atomic E-state index is 12.4. The van der Waals surface area contributed by atoms with Crippen molar-refractivity contribution in [1.29, 1.82) is 0 Å². The highest BCUT2D eigenvalue weighted by molar-refractivity contribution is 7.80. The Morgan fingerprint density at radius 1 is 1.35 bits per heavy atom. The van der Waals surface area contributed by atoms with Crippen LogP contribution in [0.2, 0.25) is 0 Å². The molecule has 1 aromatic carbocycles. The highest BCUT2D eigenvalue weighted by Crippen LogP contribution is 2.13. The van der Waals surface area contributed by atoms with Gasteiger partial charge in [0, 0.05) is 18.7 Å². The summed E-state index contributed by atoms with van der Waals surface area (Å²) in [4.78, 5) is 37.5. The number of nitrogens with zero attached hydrogens (tertiary/aromatic N) is 1. The molecule has 0 spiro atoms. The minimum absolute atomic E-state index is 0.0904. The molecule has 26 heavy (non-hydrogen) atoms. The summed E-state index contributed by atoms with van der Waals surface area (Å²) in [7, 11) is 1.25. The van der Waals surface area contributed by atoms with Gasteiger partial charge >= 0.3 is 5.97 Å². The zero-order chi connectivity index (χ0) is 19.1. The van der Waals surface area contributed by atoms with Gasteiger partial charge in [0.1, 0.15) is 11.8 Å². The number of amides is 2. The topological polar surface area (TPSA) is 97.0 Å². The van der Waals surface area contributed by atoms with Crippen LogP contribution in [0.5, 0.6) is 5.75 Å². The van der Waals surface area contributed by atoms with E-state index in [1.54, 1.807) is 24.3 Å². The first-order valence-corrected chi connectivity index (χ1v) is 8.56. The summed E-state index contributed by atoms with van der Waals surface area (Å²) >= 11 is 5.27. The van der Waals surface area contributed by atoms with E-state index in [2.05, 4.69) is 15.4 Å². The van der Waals surface area contributed by atoms with E-state index in [0.717, 1.165) is 0 Å². The lowest BCUT2D eigenvalue weighted by atomic mass is 10.1. The van der Waals surface area contributed by atoms with Crippen LogP contribution in [0.4, 0.5) is 0 Å². The molecule has 0 radical (unpaired) electrons. The van der Waals surface area contributed by atoms with Crippen LogP contribution in [0.25, 0.3) is 0 Å². The summed E-state index contributed by atoms with van der Waals surface area (Å²) in [5, 5.41) is 5.37. The number of rotatable bonds is 5. The SMILES string of the molecule is CCOc1ccc(C(=O)NC(=S)N2CCNC(=O)C2CC(=O)OC)cc1. The Bertz CT molecular complexity index is 692. The molecule has 2 N–H and O–H groups in total. The number of hydrogen-bond donors (Lipinski definition) is 2. The van der Waals surface area contributed by atoms with Crippen LogP contribution in [0, 0.1) is 0 Å². The average Bonchev–Trinajstić information content (AvgIpc) is 2.63. The number of ether oxygens (including phenoxy) is 2. The van der Waals surface area contributed by atoms with Gasteiger partial charge in [0.15, 0.2) is 5.11 Å². The lowest BCUT2D eigenvalue weighted by Gasteiger charge is -2.36. The van der Waals surface area contributed by atoms with Crippen LogP contribution in [0.3, 0.4) is 0 Å². The smallest absolute Gasteiger partial charge is 0.308 e. The van der Waals surface area contributed by atoms with Gasteiger partial charge in [0.2, 0.25) is 5.91 Å². The molecule has 0 saturated carbocycles. The van der Waals surface area contributed by atoms with Crippen molar-refractivity contribution in [2.75, 3.05) is 26.8 Å². The van der Waals surface area contributed by atoms with Crippen molar-refractivity contribution < 1.29 is 23.9 Å². The third-order valence-corrected chi connectivity index (χ3v) is 4.16. The molecule has 0 aromatic heterocycles. The van der Waals surface area contributed by atoms with Crippen molar-refractivity contribution in [1.82, 2.24) is 15.5 Å². The van der Waals surface area contributed by atoms with Gasteiger partial charge in [-0.05, 0) is 43.4 Å². The van der Waals surface area contributed by atoms with E-state index in [0.29, 0.717) is 31.0 Å². The number of methoxy groups -OCH3 is 1. The van der Waals surface area contributed by atoms with Crippen LogP contribution in [0.15, 0.2) is 24.3 Å². The summed E-state index contributed by atoms with van der Waals surface area (Å²) in [6.45, 7) is 3.16. The molecule has 8 nitrogen and oxygen atoms in total. The zero-order valence-corrected chi connectivity index (χ0v) is 15.4. The molecule has 0 bridgehead atoms. The van der Waals surface area contributed by atoms with Crippen LogP contribution in [0.1, 0.15) is 23.7 Å². The maximum atomic E-state index is 12.4. The monoisotopic (exact) mass is 379 g/mol. The Labute approximate surface area is 156 Å². The number of benzene rings is 1. The molecule has 1 fully saturated rings. The highest BCUT2D eigenvalue weighted by Gasteiger charge is 2.34. The van der Waals surface area contributed by atoms with Crippen molar-refractivity contribution in [2.45, 2.75) is 19.4 Å². The summed E-state index contributed by atoms with van der Waals surface area (Å²) in [6, 6.07) is 5.81. The number of thiocarbonyl (C=S) groups is 1. The molecular weight excluding hydrogens is 358 g/mol. The van der Waals surface area contributed by atoms with E-state index in [1.165, 1.54) is 12.0 Å². The van der Waals surface area contributed by atoms with Gasteiger partial charge in [-0.3, -0.25) is 19.7 Å². The Morgan fingerprint density at radius 3 is 2.65 bits per heavy atom. The average molecular weight is 379 g/mol. The zero-order valence-electron chi connectivity index (χ0n) is 14.6. The normalized spacial score (nSPS) is 16.5. The summed E-state index contributed by atoms with van der Waals surface area (Å²) in [5.74, 6) is -0.602. The molecule has 1 aliphatic heterocycles. The number of nitrogens with one attached hydrogen (secondary N) is 2. The second-order valence-corrected chi connectivity index (χ2v) is 5.88. The van der Waals surface area contributed by atoms with Crippen molar-refractivity contribution in [3.05, 3.63) is 29.8 Å². The Hall–Kier alpha value is -2.68. The minimum Gasteiger partial charge on any atom is -0.494 e. The highest BCUT2D eigenvalue weighted by atomic mass is 32.1. The first-order valence-electron chi connectivity index (χ1n) is 8.15. The molecule has 140 valence electrons. The van der Waals surface area contributed by atoms with Crippen molar-refractivity contribution in [2.24, 2.45) is 0 Å². The largest absolute Gasteiger partial charge is 0.494 e. The molecule has 1 saturated heterocycles. The van der Waals surface area contributed by atoms with Gasteiger partial charge in [0.25, 0.3) is 5.91 Å². The second-order valence-electron chi connectivity index (χ2n) is 5.50. The van der Waals surface area contributed by atoms with Crippen molar-refractivity contribution in [3.63, 3.8) is 0 Å². The van der Waals surface area contributed by atoms with Gasteiger partial charge < -0.3 is 19.7 Å². The van der Waals surface area contributed by atoms with Crippen molar-refractivity contribution in [3.8, 4) is 5.75 Å². The summed E-state index contributed by atoms with van der Waals surface area (Å²) in [6.07, 6.45) is -0.151. The second kappa shape index (κ2) is 9.14. The van der Waals surface area contributed by atoms with Gasteiger partial charge in [-0.25, -0.2) is 0 Å². The first kappa shape index (κ1) is 19.6. The van der Waals surface area contributed by atoms with E-state index in [9.17, 15) is 14.4 Å². The van der Waals surface area contributed by atoms with Gasteiger partial charge in [-0.1, -0.05) is 0 Å². The predicted octanol–water partition coefficient (Wildman–Crippen LogP) is 0.464. The van der Waals surface area contributed by atoms with Gasteiger partial charge in [-0.15, -0.1) is 0 Å². The fourth-order valence-electron chi connectivity index (χ4n) is 2.51. The molecule has 1 aliphatic rings. The standard InChI is InChI=1S/C17H21N3O5S/c1-3-25-12-6-4-11(5-7-12)15(22)19-17(26)20-9-8-18-16(23)13(20)10-14(21)24-2/h4-7,13H,3,8-10H2,1-2H3,(H,18,23)(H,19,22,26). The quantitative estimate of drug-likeness (QED) is 0.567. The lowest BCUT2D eigenvalue weighted by Crippen LogP contribution is -2.60. The Balaban J connectivity index is 2.04. The number of carbonyl (C=O) groups is 3. The predicted molar refractivity (Wildman–Crippen MR) is 97.8 cm³/mol. The molecular formula is C17H21N3O5S. The van der Waals surface area contributed by atoms with Crippen LogP contribution < -0.4 is 15.4 Å². The number of esters is 1. The lowest BCUT2D eigenvalue weighted by molar-refractivity contribution is -0.144. The molecule has 1 aromatic rings. The molecule has 1 heterocycles. The van der Waals surface area contributed by atoms with Gasteiger partial charge in [0.05, 0.1) is 20.1 Å². The number of piperazine rings is 1. The van der Waals surface area contributed by atoms with E-state index in [-0.39, 0.29) is 17.4 Å². The van der Waals surface area contributed by atoms with E-state index >= 15 is 0 Å². The number of hydrogen-bond acceptors (Lipinski definition) is 6. The first-order chi connectivity index (χ1) is 12.5. The maximum Gasteiger partial charge on any atom is 0.308 e. The molecule has 1 unspecified atom stereocenters. The molecule has 0 aliphatic carbocycles. The van der Waals surface area contributed by atoms with Crippen LogP contribution >= 0.6 is 12.2 Å². The van der Waals surface area contributed by atoms with Crippen molar-refractivity contribution >= 4 is 35.1 Å². The van der Waals surface area contributed by atoms with E-state index in [4.69, 9.17) is 17.0 Å². The fraction of sp³-hybridized carbons (Fsp3) is 0.412. The number of carbonyl (C=O) groups excluding carboxylic acids is 3. The summed E-state index contributed by atoms with van der Waals surface area (Å²) < 4.78 is 9.96. The molecule has 1 atom stereocenters. The Morgan fingerprint density at radius 2 is 2.04 bits per heavy atom. The Kier molecular flexibility index (Phi) is 6.90. The van der Waals surface area contributed by atoms with E-state index < -0.39 is 17.9 Å². The molecule has 2 rings (SSSR count). The summed E-state index contributed by atoms with van der Waals surface area (Å²) in [5.41, 5.74) is 0.404. The molecule has 2 amide bonds. The molecule has 9 heteroatoms. The third-order valence-electron chi connectivity index (χ3n) is 3.83.